The average molecular weight is 320 g/mol. The zero-order valence-electron chi connectivity index (χ0n) is 7.22. The van der Waals surface area contributed by atoms with E-state index >= 15 is 0 Å². The van der Waals surface area contributed by atoms with E-state index < -0.39 is 38.6 Å². The fraction of sp³-hybridized carbons (Fsp3) is 0.143. The number of nitrogens with zero attached hydrogens (tertiary/aromatic N) is 1. The van der Waals surface area contributed by atoms with E-state index in [4.69, 9.17) is 0 Å². The minimum atomic E-state index is -4.69. The summed E-state index contributed by atoms with van der Waals surface area (Å²) < 4.78 is 48.8. The molecule has 0 radical (unpaired) electrons. The Balaban J connectivity index is 3.20. The van der Waals surface area contributed by atoms with Crippen LogP contribution < -0.4 is 0 Å². The smallest absolute Gasteiger partial charge is 0.258 e. The van der Waals surface area contributed by atoms with E-state index in [1.807, 2.05) is 0 Å². The van der Waals surface area contributed by atoms with Gasteiger partial charge in [0.2, 0.25) is 0 Å². The Kier molecular flexibility index (Phi) is 3.79. The lowest BCUT2D eigenvalue weighted by molar-refractivity contribution is -0.385. The van der Waals surface area contributed by atoms with Gasteiger partial charge in [-0.15, -0.1) is 0 Å². The van der Waals surface area contributed by atoms with Crippen LogP contribution in [0, 0.1) is 15.9 Å². The van der Waals surface area contributed by atoms with Crippen molar-refractivity contribution in [3.63, 3.8) is 0 Å². The number of nitro groups is 1. The molecule has 3 nitrogen and oxygen atoms in total. The van der Waals surface area contributed by atoms with Crippen molar-refractivity contribution >= 4 is 33.4 Å². The van der Waals surface area contributed by atoms with E-state index in [2.05, 4.69) is 15.9 Å². The van der Waals surface area contributed by atoms with Gasteiger partial charge in [-0.2, -0.15) is 13.2 Å². The van der Waals surface area contributed by atoms with Crippen LogP contribution in [0.4, 0.5) is 23.2 Å². The van der Waals surface area contributed by atoms with E-state index in [0.717, 1.165) is 0 Å². The Morgan fingerprint density at radius 1 is 1.38 bits per heavy atom. The lowest BCUT2D eigenvalue weighted by Gasteiger charge is -2.06. The third kappa shape index (κ3) is 3.34. The predicted octanol–water partition coefficient (Wildman–Crippen LogP) is 4.11. The van der Waals surface area contributed by atoms with Crippen molar-refractivity contribution in [3.05, 3.63) is 32.5 Å². The lowest BCUT2D eigenvalue weighted by Crippen LogP contribution is -2.01. The Morgan fingerprint density at radius 3 is 2.38 bits per heavy atom. The van der Waals surface area contributed by atoms with Crippen LogP contribution in [0.2, 0.25) is 0 Å². The minimum absolute atomic E-state index is 0.207. The zero-order valence-corrected chi connectivity index (χ0v) is 9.62. The Morgan fingerprint density at radius 2 is 1.94 bits per heavy atom. The summed E-state index contributed by atoms with van der Waals surface area (Å²) in [5, 5.41) is 10.4. The molecule has 0 fully saturated rings. The molecule has 0 saturated heterocycles. The SMILES string of the molecule is O=[N+]([O-])c1cc(SC(F)(F)F)c(F)cc1Br. The summed E-state index contributed by atoms with van der Waals surface area (Å²) in [7, 11) is 0. The van der Waals surface area contributed by atoms with Crippen molar-refractivity contribution in [1.82, 2.24) is 0 Å². The molecule has 0 amide bonds. The molecule has 0 saturated carbocycles. The summed E-state index contributed by atoms with van der Waals surface area (Å²) in [5.41, 5.74) is -5.31. The van der Waals surface area contributed by atoms with Gasteiger partial charge >= 0.3 is 5.51 Å². The Hall–Kier alpha value is -0.830. The van der Waals surface area contributed by atoms with Crippen LogP contribution in [0.3, 0.4) is 0 Å². The van der Waals surface area contributed by atoms with Gasteiger partial charge in [-0.1, -0.05) is 0 Å². The Bertz CT molecular complexity index is 437. The fourth-order valence-electron chi connectivity index (χ4n) is 0.861. The second-order valence-electron chi connectivity index (χ2n) is 2.54. The number of alkyl halides is 3. The standard InChI is InChI=1S/C7H2BrF4NO2S/c8-3-1-4(9)6(16-7(10,11)12)2-5(3)13(14)15/h1-2H. The molecule has 0 N–H and O–H groups in total. The first-order chi connectivity index (χ1) is 7.20. The van der Waals surface area contributed by atoms with Crippen LogP contribution in [0.25, 0.3) is 0 Å². The zero-order chi connectivity index (χ0) is 12.5. The van der Waals surface area contributed by atoms with Gasteiger partial charge in [-0.05, 0) is 33.8 Å². The van der Waals surface area contributed by atoms with Crippen LogP contribution in [-0.2, 0) is 0 Å². The van der Waals surface area contributed by atoms with E-state index in [1.165, 1.54) is 0 Å². The average Bonchev–Trinajstić information content (AvgIpc) is 2.07. The number of halogens is 5. The van der Waals surface area contributed by atoms with Gasteiger partial charge in [0.1, 0.15) is 5.82 Å². The van der Waals surface area contributed by atoms with Crippen LogP contribution in [0.15, 0.2) is 21.5 Å². The van der Waals surface area contributed by atoms with Crippen molar-refractivity contribution in [1.29, 1.82) is 0 Å². The highest BCUT2D eigenvalue weighted by atomic mass is 79.9. The van der Waals surface area contributed by atoms with Crippen LogP contribution in [0.1, 0.15) is 0 Å². The van der Waals surface area contributed by atoms with E-state index in [-0.39, 0.29) is 4.47 Å². The maximum Gasteiger partial charge on any atom is 0.446 e. The van der Waals surface area contributed by atoms with Crippen molar-refractivity contribution < 1.29 is 22.5 Å². The van der Waals surface area contributed by atoms with Crippen LogP contribution in [0.5, 0.6) is 0 Å². The van der Waals surface area contributed by atoms with Gasteiger partial charge in [-0.3, -0.25) is 10.1 Å². The van der Waals surface area contributed by atoms with Crippen LogP contribution >= 0.6 is 27.7 Å². The summed E-state index contributed by atoms with van der Waals surface area (Å²) in [6.07, 6.45) is 0. The number of rotatable bonds is 2. The molecule has 0 atom stereocenters. The molecule has 88 valence electrons. The summed E-state index contributed by atoms with van der Waals surface area (Å²) in [4.78, 5) is 8.68. The highest BCUT2D eigenvalue weighted by Gasteiger charge is 2.32. The highest BCUT2D eigenvalue weighted by Crippen LogP contribution is 2.41. The maximum absolute atomic E-state index is 13.1. The molecule has 16 heavy (non-hydrogen) atoms. The highest BCUT2D eigenvalue weighted by molar-refractivity contribution is 9.10. The second-order valence-corrected chi connectivity index (χ2v) is 4.50. The molecule has 0 unspecified atom stereocenters. The molecule has 0 aliphatic rings. The summed E-state index contributed by atoms with van der Waals surface area (Å²) in [5.74, 6) is -1.17. The van der Waals surface area contributed by atoms with Gasteiger partial charge in [0.15, 0.2) is 0 Å². The number of hydrogen-bond donors (Lipinski definition) is 0. The maximum atomic E-state index is 13.1. The molecule has 0 spiro atoms. The molecular weight excluding hydrogens is 318 g/mol. The lowest BCUT2D eigenvalue weighted by atomic mass is 10.3. The molecular formula is C7H2BrF4NO2S. The van der Waals surface area contributed by atoms with E-state index in [9.17, 15) is 27.7 Å². The van der Waals surface area contributed by atoms with Crippen molar-refractivity contribution in [3.8, 4) is 0 Å². The molecule has 1 rings (SSSR count). The largest absolute Gasteiger partial charge is 0.446 e. The molecule has 0 aliphatic heterocycles. The first-order valence-corrected chi connectivity index (χ1v) is 5.21. The second kappa shape index (κ2) is 4.58. The van der Waals surface area contributed by atoms with Gasteiger partial charge in [0.25, 0.3) is 5.69 Å². The molecule has 0 heterocycles. The molecule has 9 heteroatoms. The molecule has 0 bridgehead atoms. The van der Waals surface area contributed by atoms with E-state index in [0.29, 0.717) is 12.1 Å². The van der Waals surface area contributed by atoms with Crippen molar-refractivity contribution in [2.24, 2.45) is 0 Å². The molecule has 0 aliphatic carbocycles. The Labute approximate surface area is 99.1 Å². The fourth-order valence-corrected chi connectivity index (χ4v) is 1.90. The molecule has 0 aromatic heterocycles. The van der Waals surface area contributed by atoms with Crippen molar-refractivity contribution in [2.45, 2.75) is 10.4 Å². The van der Waals surface area contributed by atoms with Crippen molar-refractivity contribution in [2.75, 3.05) is 0 Å². The molecule has 1 aromatic carbocycles. The van der Waals surface area contributed by atoms with Gasteiger partial charge in [0.05, 0.1) is 14.3 Å². The topological polar surface area (TPSA) is 43.1 Å². The summed E-state index contributed by atoms with van der Waals surface area (Å²) >= 11 is 1.96. The summed E-state index contributed by atoms with van der Waals surface area (Å²) in [6, 6.07) is 1.17. The quantitative estimate of drug-likeness (QED) is 0.356. The number of hydrogen-bond acceptors (Lipinski definition) is 3. The normalized spacial score (nSPS) is 11.6. The van der Waals surface area contributed by atoms with E-state index in [1.54, 1.807) is 0 Å². The third-order valence-electron chi connectivity index (χ3n) is 1.42. The van der Waals surface area contributed by atoms with Gasteiger partial charge in [-0.25, -0.2) is 4.39 Å². The monoisotopic (exact) mass is 319 g/mol. The van der Waals surface area contributed by atoms with Gasteiger partial charge < -0.3 is 0 Å². The predicted molar refractivity (Wildman–Crippen MR) is 52.7 cm³/mol. The first kappa shape index (κ1) is 13.2. The third-order valence-corrected chi connectivity index (χ3v) is 2.82. The number of thioether (sulfide) groups is 1. The first-order valence-electron chi connectivity index (χ1n) is 3.60. The summed E-state index contributed by atoms with van der Waals surface area (Å²) in [6.45, 7) is 0. The number of nitro benzene ring substituents is 1. The number of benzene rings is 1. The molecule has 1 aromatic rings. The minimum Gasteiger partial charge on any atom is -0.258 e. The van der Waals surface area contributed by atoms with Crippen LogP contribution in [-0.4, -0.2) is 10.4 Å². The van der Waals surface area contributed by atoms with Gasteiger partial charge in [0, 0.05) is 6.07 Å².